The molecular weight excluding hydrogens is 370 g/mol. The number of aromatic nitrogens is 2. The van der Waals surface area contributed by atoms with E-state index in [4.69, 9.17) is 4.74 Å². The highest BCUT2D eigenvalue weighted by Gasteiger charge is 2.11. The first-order valence-corrected chi connectivity index (χ1v) is 9.48. The van der Waals surface area contributed by atoms with Crippen LogP contribution in [0.3, 0.4) is 0 Å². The van der Waals surface area contributed by atoms with Crippen LogP contribution in [0.2, 0.25) is 0 Å². The van der Waals surface area contributed by atoms with Crippen LogP contribution in [-0.2, 0) is 20.7 Å². The maximum Gasteiger partial charge on any atom is 0.306 e. The second-order valence-corrected chi connectivity index (χ2v) is 6.81. The Morgan fingerprint density at radius 2 is 1.83 bits per heavy atom. The second kappa shape index (κ2) is 9.64. The normalized spacial score (nSPS) is 11.8. The Balaban J connectivity index is 1.42. The Morgan fingerprint density at radius 1 is 1.10 bits per heavy atom. The fraction of sp³-hybridized carbons (Fsp3) is 0.273. The Morgan fingerprint density at radius 3 is 2.62 bits per heavy atom. The highest BCUT2D eigenvalue weighted by Crippen LogP contribution is 2.12. The van der Waals surface area contributed by atoms with Gasteiger partial charge in [0, 0.05) is 13.0 Å². The van der Waals surface area contributed by atoms with Gasteiger partial charge in [0.15, 0.2) is 6.61 Å². The van der Waals surface area contributed by atoms with Crippen molar-refractivity contribution in [2.45, 2.75) is 25.7 Å². The number of rotatable bonds is 8. The number of esters is 1. The van der Waals surface area contributed by atoms with Gasteiger partial charge in [-0.1, -0.05) is 49.4 Å². The average molecular weight is 393 g/mol. The number of para-hydroxylation sites is 1. The van der Waals surface area contributed by atoms with Crippen LogP contribution in [0.15, 0.2) is 59.4 Å². The number of nitrogens with zero attached hydrogens (tertiary/aromatic N) is 1. The molecule has 2 aromatic carbocycles. The number of carbonyl (C=O) groups excluding carboxylic acids is 2. The van der Waals surface area contributed by atoms with Gasteiger partial charge in [0.2, 0.25) is 0 Å². The summed E-state index contributed by atoms with van der Waals surface area (Å²) in [6, 6.07) is 16.8. The van der Waals surface area contributed by atoms with Gasteiger partial charge < -0.3 is 15.0 Å². The Bertz CT molecular complexity index is 1050. The number of ether oxygens (including phenoxy) is 1. The molecule has 7 nitrogen and oxygen atoms in total. The maximum absolute atomic E-state index is 12.0. The quantitative estimate of drug-likeness (QED) is 0.572. The number of amides is 1. The van der Waals surface area contributed by atoms with Crippen LogP contribution in [0.1, 0.15) is 30.7 Å². The molecule has 0 bridgehead atoms. The van der Waals surface area contributed by atoms with Gasteiger partial charge in [-0.3, -0.25) is 14.4 Å². The molecule has 150 valence electrons. The fourth-order valence-corrected chi connectivity index (χ4v) is 2.91. The van der Waals surface area contributed by atoms with Crippen LogP contribution >= 0.6 is 0 Å². The van der Waals surface area contributed by atoms with Crippen LogP contribution in [-0.4, -0.2) is 35.0 Å². The van der Waals surface area contributed by atoms with E-state index < -0.39 is 5.97 Å². The van der Waals surface area contributed by atoms with E-state index in [1.165, 1.54) is 0 Å². The molecule has 1 aromatic heterocycles. The van der Waals surface area contributed by atoms with E-state index in [0.717, 1.165) is 5.56 Å². The summed E-state index contributed by atoms with van der Waals surface area (Å²) in [5.41, 5.74) is 1.46. The van der Waals surface area contributed by atoms with Gasteiger partial charge in [0.05, 0.1) is 17.3 Å². The minimum absolute atomic E-state index is 0.0228. The summed E-state index contributed by atoms with van der Waals surface area (Å²) >= 11 is 0. The van der Waals surface area contributed by atoms with Crippen molar-refractivity contribution in [3.8, 4) is 0 Å². The van der Waals surface area contributed by atoms with Crippen LogP contribution in [0.25, 0.3) is 10.9 Å². The first kappa shape index (κ1) is 20.3. The number of fused-ring (bicyclic) bond motifs is 1. The zero-order valence-corrected chi connectivity index (χ0v) is 16.2. The molecule has 0 saturated carbocycles. The van der Waals surface area contributed by atoms with E-state index in [1.807, 2.05) is 37.3 Å². The zero-order valence-electron chi connectivity index (χ0n) is 16.2. The highest BCUT2D eigenvalue weighted by atomic mass is 16.5. The largest absolute Gasteiger partial charge is 0.456 e. The third-order valence-electron chi connectivity index (χ3n) is 4.57. The van der Waals surface area contributed by atoms with E-state index in [0.29, 0.717) is 23.3 Å². The van der Waals surface area contributed by atoms with Crippen molar-refractivity contribution in [3.05, 3.63) is 76.3 Å². The number of carbonyl (C=O) groups is 2. The van der Waals surface area contributed by atoms with Gasteiger partial charge in [0.1, 0.15) is 5.82 Å². The Kier molecular flexibility index (Phi) is 6.73. The van der Waals surface area contributed by atoms with Gasteiger partial charge in [-0.2, -0.15) is 0 Å². The van der Waals surface area contributed by atoms with Gasteiger partial charge in [-0.25, -0.2) is 4.98 Å². The summed E-state index contributed by atoms with van der Waals surface area (Å²) in [5.74, 6) is -0.302. The summed E-state index contributed by atoms with van der Waals surface area (Å²) in [6.45, 7) is 2.14. The van der Waals surface area contributed by atoms with Crippen molar-refractivity contribution in [2.75, 3.05) is 13.2 Å². The van der Waals surface area contributed by atoms with E-state index in [2.05, 4.69) is 15.3 Å². The highest BCUT2D eigenvalue weighted by molar-refractivity contribution is 5.80. The lowest BCUT2D eigenvalue weighted by atomic mass is 10.0. The number of aromatic amines is 1. The predicted octanol–water partition coefficient (Wildman–Crippen LogP) is 2.32. The standard InChI is InChI=1S/C22H23N3O4/c1-15(16-7-3-2-4-8-16)13-23-20(26)14-29-21(27)12-11-19-24-18-10-6-5-9-17(18)22(28)25-19/h2-10,15H,11-14H2,1H3,(H,23,26)(H,24,25,28)/t15-/m1/s1. The summed E-state index contributed by atoms with van der Waals surface area (Å²) in [7, 11) is 0. The number of benzene rings is 2. The molecule has 3 aromatic rings. The fourth-order valence-electron chi connectivity index (χ4n) is 2.91. The molecule has 3 rings (SSSR count). The van der Waals surface area contributed by atoms with Crippen molar-refractivity contribution in [3.63, 3.8) is 0 Å². The first-order chi connectivity index (χ1) is 14.0. The SMILES string of the molecule is C[C@H](CNC(=O)COC(=O)CCc1nc2ccccc2c(=O)[nH]1)c1ccccc1. The Labute approximate surface area is 168 Å². The molecule has 0 aliphatic rings. The molecule has 1 heterocycles. The Hall–Kier alpha value is -3.48. The van der Waals surface area contributed by atoms with Crippen molar-refractivity contribution in [1.29, 1.82) is 0 Å². The summed E-state index contributed by atoms with van der Waals surface area (Å²) in [5, 5.41) is 3.26. The van der Waals surface area contributed by atoms with Crippen LogP contribution in [0, 0.1) is 0 Å². The number of H-pyrrole nitrogens is 1. The van der Waals surface area contributed by atoms with Crippen LogP contribution in [0.5, 0.6) is 0 Å². The molecule has 2 N–H and O–H groups in total. The van der Waals surface area contributed by atoms with Gasteiger partial charge in [0.25, 0.3) is 11.5 Å². The maximum atomic E-state index is 12.0. The zero-order chi connectivity index (χ0) is 20.6. The van der Waals surface area contributed by atoms with Crippen molar-refractivity contribution in [2.24, 2.45) is 0 Å². The smallest absolute Gasteiger partial charge is 0.306 e. The molecule has 0 aliphatic carbocycles. The number of hydrogen-bond donors (Lipinski definition) is 2. The van der Waals surface area contributed by atoms with Gasteiger partial charge in [-0.05, 0) is 23.6 Å². The molecule has 7 heteroatoms. The molecule has 29 heavy (non-hydrogen) atoms. The minimum Gasteiger partial charge on any atom is -0.456 e. The third kappa shape index (κ3) is 5.75. The van der Waals surface area contributed by atoms with Gasteiger partial charge >= 0.3 is 5.97 Å². The monoisotopic (exact) mass is 393 g/mol. The van der Waals surface area contributed by atoms with Gasteiger partial charge in [-0.15, -0.1) is 0 Å². The second-order valence-electron chi connectivity index (χ2n) is 6.81. The minimum atomic E-state index is -0.521. The first-order valence-electron chi connectivity index (χ1n) is 9.48. The number of hydrogen-bond acceptors (Lipinski definition) is 5. The lowest BCUT2D eigenvalue weighted by molar-refractivity contribution is -0.148. The van der Waals surface area contributed by atoms with Crippen molar-refractivity contribution in [1.82, 2.24) is 15.3 Å². The van der Waals surface area contributed by atoms with Crippen molar-refractivity contribution < 1.29 is 14.3 Å². The summed E-state index contributed by atoms with van der Waals surface area (Å²) < 4.78 is 5.01. The number of aryl methyl sites for hydroxylation is 1. The predicted molar refractivity (Wildman–Crippen MR) is 110 cm³/mol. The third-order valence-corrected chi connectivity index (χ3v) is 4.57. The average Bonchev–Trinajstić information content (AvgIpc) is 2.75. The lowest BCUT2D eigenvalue weighted by Gasteiger charge is -2.13. The molecular formula is C22H23N3O4. The van der Waals surface area contributed by atoms with E-state index >= 15 is 0 Å². The van der Waals surface area contributed by atoms with E-state index in [-0.39, 0.29) is 36.8 Å². The molecule has 0 unspecified atom stereocenters. The van der Waals surface area contributed by atoms with Crippen LogP contribution in [0.4, 0.5) is 0 Å². The number of nitrogens with one attached hydrogen (secondary N) is 2. The molecule has 0 fully saturated rings. The van der Waals surface area contributed by atoms with E-state index in [1.54, 1.807) is 24.3 Å². The molecule has 0 spiro atoms. The molecule has 1 atom stereocenters. The van der Waals surface area contributed by atoms with Crippen molar-refractivity contribution >= 4 is 22.8 Å². The lowest BCUT2D eigenvalue weighted by Crippen LogP contribution is -2.31. The van der Waals surface area contributed by atoms with E-state index in [9.17, 15) is 14.4 Å². The summed E-state index contributed by atoms with van der Waals surface area (Å²) in [6.07, 6.45) is 0.251. The molecule has 0 radical (unpaired) electrons. The molecule has 0 saturated heterocycles. The molecule has 1 amide bonds. The molecule has 0 aliphatic heterocycles. The topological polar surface area (TPSA) is 101 Å². The van der Waals surface area contributed by atoms with Crippen LogP contribution < -0.4 is 10.9 Å². The summed E-state index contributed by atoms with van der Waals surface area (Å²) in [4.78, 5) is 42.8.